The number of benzene rings is 1. The second kappa shape index (κ2) is 11.5. The summed E-state index contributed by atoms with van der Waals surface area (Å²) in [6.45, 7) is 16.9. The van der Waals surface area contributed by atoms with Gasteiger partial charge in [0.2, 0.25) is 0 Å². The third kappa shape index (κ3) is 7.29. The summed E-state index contributed by atoms with van der Waals surface area (Å²) in [5, 5.41) is 7.84. The van der Waals surface area contributed by atoms with Crippen molar-refractivity contribution in [2.75, 3.05) is 56.5 Å². The third-order valence-electron chi connectivity index (χ3n) is 6.72. The molecule has 0 atom stereocenters. The summed E-state index contributed by atoms with van der Waals surface area (Å²) >= 11 is 0. The number of piperazine rings is 1. The molecule has 2 aromatic rings. The maximum Gasteiger partial charge on any atom is 0.107 e. The summed E-state index contributed by atoms with van der Waals surface area (Å²) < 4.78 is 6.09. The van der Waals surface area contributed by atoms with Crippen molar-refractivity contribution in [3.8, 4) is 11.3 Å². The molecule has 0 radical (unpaired) electrons. The molecule has 1 aliphatic heterocycles. The van der Waals surface area contributed by atoms with E-state index in [1.807, 2.05) is 19.9 Å². The number of imidazole rings is 1. The molecule has 1 saturated heterocycles. The zero-order chi connectivity index (χ0) is 25.6. The second-order valence-electron chi connectivity index (χ2n) is 11.1. The largest absolute Gasteiger partial charge is 0.398 e. The summed E-state index contributed by atoms with van der Waals surface area (Å²) in [6.07, 6.45) is 4.39. The number of aromatic amines is 1. The van der Waals surface area contributed by atoms with Crippen LogP contribution in [0.5, 0.6) is 0 Å². The number of nitrogens with zero attached hydrogens (tertiary/aromatic N) is 3. The fraction of sp³-hybridized carbons (Fsp3) is 0.630. The second-order valence-corrected chi connectivity index (χ2v) is 11.1. The van der Waals surface area contributed by atoms with Gasteiger partial charge >= 0.3 is 0 Å². The van der Waals surface area contributed by atoms with Crippen LogP contribution in [0, 0.1) is 10.8 Å². The molecule has 0 spiro atoms. The van der Waals surface area contributed by atoms with E-state index in [4.69, 9.17) is 26.6 Å². The summed E-state index contributed by atoms with van der Waals surface area (Å²) in [5.41, 5.74) is 16.2. The molecule has 1 aromatic carbocycles. The lowest BCUT2D eigenvalue weighted by Crippen LogP contribution is -2.50. The van der Waals surface area contributed by atoms with Crippen molar-refractivity contribution in [2.24, 2.45) is 11.1 Å². The Morgan fingerprint density at radius 2 is 1.89 bits per heavy atom. The average molecular weight is 484 g/mol. The van der Waals surface area contributed by atoms with Gasteiger partial charge in [0, 0.05) is 74.3 Å². The number of hydrogen-bond acceptors (Lipinski definition) is 7. The van der Waals surface area contributed by atoms with Crippen LogP contribution in [-0.2, 0) is 11.2 Å². The highest BCUT2D eigenvalue weighted by molar-refractivity contribution is 5.89. The van der Waals surface area contributed by atoms with Crippen LogP contribution in [-0.4, -0.2) is 72.6 Å². The lowest BCUT2D eigenvalue weighted by molar-refractivity contribution is -0.0562. The van der Waals surface area contributed by atoms with Gasteiger partial charge < -0.3 is 31.5 Å². The molecule has 0 unspecified atom stereocenters. The lowest BCUT2D eigenvalue weighted by atomic mass is 9.93. The maximum absolute atomic E-state index is 7.84. The zero-order valence-corrected chi connectivity index (χ0v) is 22.3. The predicted molar refractivity (Wildman–Crippen MR) is 146 cm³/mol. The van der Waals surface area contributed by atoms with Gasteiger partial charge in [-0.15, -0.1) is 0 Å². The maximum atomic E-state index is 7.84. The van der Waals surface area contributed by atoms with Crippen molar-refractivity contribution in [2.45, 2.75) is 59.5 Å². The number of anilines is 2. The van der Waals surface area contributed by atoms with Gasteiger partial charge in [0.1, 0.15) is 5.82 Å². The van der Waals surface area contributed by atoms with Gasteiger partial charge in [0.05, 0.1) is 23.6 Å². The van der Waals surface area contributed by atoms with Gasteiger partial charge in [0.15, 0.2) is 0 Å². The lowest BCUT2D eigenvalue weighted by Gasteiger charge is -2.40. The van der Waals surface area contributed by atoms with E-state index in [0.717, 1.165) is 74.8 Å². The molecule has 8 nitrogen and oxygen atoms in total. The van der Waals surface area contributed by atoms with Crippen LogP contribution in [0.25, 0.3) is 11.3 Å². The van der Waals surface area contributed by atoms with Gasteiger partial charge in [-0.3, -0.25) is 4.90 Å². The number of unbranched alkanes of at least 4 members (excludes halogenated alkanes) is 1. The smallest absolute Gasteiger partial charge is 0.107 e. The van der Waals surface area contributed by atoms with E-state index < -0.39 is 0 Å². The number of nitrogen functional groups attached to an aromatic ring is 1. The monoisotopic (exact) mass is 483 g/mol. The zero-order valence-electron chi connectivity index (χ0n) is 22.3. The topological polar surface area (TPSA) is 120 Å². The molecule has 194 valence electrons. The highest BCUT2D eigenvalue weighted by atomic mass is 16.5. The van der Waals surface area contributed by atoms with Crippen molar-refractivity contribution in [3.05, 3.63) is 29.7 Å². The Hall–Kier alpha value is -2.42. The first kappa shape index (κ1) is 27.2. The summed E-state index contributed by atoms with van der Waals surface area (Å²) in [7, 11) is 0. The minimum Gasteiger partial charge on any atom is -0.398 e. The molecule has 8 heteroatoms. The molecule has 0 aliphatic carbocycles. The number of rotatable bonds is 12. The molecular weight excluding hydrogens is 438 g/mol. The fourth-order valence-corrected chi connectivity index (χ4v) is 4.42. The fourth-order valence-electron chi connectivity index (χ4n) is 4.42. The minimum absolute atomic E-state index is 0.0571. The molecule has 35 heavy (non-hydrogen) atoms. The van der Waals surface area contributed by atoms with Crippen molar-refractivity contribution < 1.29 is 4.74 Å². The molecular formula is C27H45N7O. The molecule has 2 heterocycles. The van der Waals surface area contributed by atoms with Crippen LogP contribution in [0.2, 0.25) is 0 Å². The Morgan fingerprint density at radius 3 is 2.51 bits per heavy atom. The van der Waals surface area contributed by atoms with Gasteiger partial charge in [0.25, 0.3) is 0 Å². The van der Waals surface area contributed by atoms with Crippen molar-refractivity contribution in [1.82, 2.24) is 14.9 Å². The Labute approximate surface area is 210 Å². The summed E-state index contributed by atoms with van der Waals surface area (Å²) in [6, 6.07) is 6.19. The molecule has 1 aromatic heterocycles. The molecule has 0 bridgehead atoms. The first-order chi connectivity index (χ1) is 16.6. The normalized spacial score (nSPS) is 15.5. The van der Waals surface area contributed by atoms with E-state index in [0.29, 0.717) is 24.5 Å². The standard InChI is InChI=1S/C27H45N7O/c1-6-7-8-24-31-23(16-28)25(32-24)21-15-20(9-10-22(21)30)34-13-11-33(12-14-34)18-26(2,3)19-35-27(4,5)17-29/h9-10,15-16,28H,6-8,11-14,17-19,29-30H2,1-5H3,(H,31,32). The molecule has 0 amide bonds. The van der Waals surface area contributed by atoms with E-state index in [9.17, 15) is 0 Å². The van der Waals surface area contributed by atoms with Gasteiger partial charge in [-0.25, -0.2) is 4.98 Å². The highest BCUT2D eigenvalue weighted by Gasteiger charge is 2.28. The van der Waals surface area contributed by atoms with Crippen LogP contribution < -0.4 is 16.4 Å². The average Bonchev–Trinajstić information content (AvgIpc) is 3.25. The van der Waals surface area contributed by atoms with Crippen LogP contribution in [0.3, 0.4) is 0 Å². The Kier molecular flexibility index (Phi) is 8.96. The van der Waals surface area contributed by atoms with E-state index in [1.165, 1.54) is 6.21 Å². The first-order valence-electron chi connectivity index (χ1n) is 12.9. The molecule has 0 saturated carbocycles. The number of nitrogens with one attached hydrogen (secondary N) is 2. The highest BCUT2D eigenvalue weighted by Crippen LogP contribution is 2.32. The predicted octanol–water partition coefficient (Wildman–Crippen LogP) is 3.90. The van der Waals surface area contributed by atoms with Gasteiger partial charge in [-0.05, 0) is 38.5 Å². The summed E-state index contributed by atoms with van der Waals surface area (Å²) in [5.74, 6) is 0.917. The van der Waals surface area contributed by atoms with Gasteiger partial charge in [-0.1, -0.05) is 27.2 Å². The van der Waals surface area contributed by atoms with Crippen molar-refractivity contribution >= 4 is 17.6 Å². The van der Waals surface area contributed by atoms with Crippen LogP contribution in [0.4, 0.5) is 11.4 Å². The number of ether oxygens (including phenoxy) is 1. The van der Waals surface area contributed by atoms with Gasteiger partial charge in [-0.2, -0.15) is 0 Å². The van der Waals surface area contributed by atoms with E-state index in [1.54, 1.807) is 0 Å². The number of hydrogen-bond donors (Lipinski definition) is 4. The van der Waals surface area contributed by atoms with Crippen LogP contribution >= 0.6 is 0 Å². The SMILES string of the molecule is CCCCc1nc(-c2cc(N3CCN(CC(C)(C)COC(C)(C)CN)CC3)ccc2N)c(C=N)[nH]1. The minimum atomic E-state index is -0.286. The Morgan fingerprint density at radius 1 is 1.17 bits per heavy atom. The van der Waals surface area contributed by atoms with Crippen molar-refractivity contribution in [1.29, 1.82) is 5.41 Å². The number of aryl methyl sites for hydroxylation is 1. The van der Waals surface area contributed by atoms with E-state index in [-0.39, 0.29) is 11.0 Å². The molecule has 1 aliphatic rings. The number of H-pyrrole nitrogens is 1. The number of aromatic nitrogens is 2. The molecule has 3 rings (SSSR count). The first-order valence-corrected chi connectivity index (χ1v) is 12.9. The summed E-state index contributed by atoms with van der Waals surface area (Å²) in [4.78, 5) is 13.0. The van der Waals surface area contributed by atoms with E-state index >= 15 is 0 Å². The molecule has 6 N–H and O–H groups in total. The quantitative estimate of drug-likeness (QED) is 0.268. The van der Waals surface area contributed by atoms with Crippen LogP contribution in [0.15, 0.2) is 18.2 Å². The third-order valence-corrected chi connectivity index (χ3v) is 6.72. The van der Waals surface area contributed by atoms with E-state index in [2.05, 4.69) is 47.7 Å². The van der Waals surface area contributed by atoms with Crippen molar-refractivity contribution in [3.63, 3.8) is 0 Å². The Balaban J connectivity index is 1.66. The van der Waals surface area contributed by atoms with Crippen LogP contribution in [0.1, 0.15) is 59.0 Å². The molecule has 1 fully saturated rings. The number of nitrogens with two attached hydrogens (primary N) is 2. The Bertz CT molecular complexity index is 974.